The standard InChI is InChI=1S/C22H28ClNO2/c1-17-4-3-14-24(16-17)15-13-22(2,25)18-5-9-20(10-6-18)26-21-11-7-19(23)8-12-21/h5-12,17,25H,3-4,13-16H2,1-2H3. The number of ether oxygens (including phenoxy) is 1. The van der Waals surface area contributed by atoms with Gasteiger partial charge in [-0.05, 0) is 80.6 Å². The molecule has 1 fully saturated rings. The molecule has 3 rings (SSSR count). The van der Waals surface area contributed by atoms with Gasteiger partial charge >= 0.3 is 0 Å². The summed E-state index contributed by atoms with van der Waals surface area (Å²) in [4.78, 5) is 2.47. The predicted molar refractivity (Wildman–Crippen MR) is 107 cm³/mol. The Balaban J connectivity index is 1.58. The van der Waals surface area contributed by atoms with Gasteiger partial charge in [0.2, 0.25) is 0 Å². The number of hydrogen-bond donors (Lipinski definition) is 1. The van der Waals surface area contributed by atoms with Crippen LogP contribution >= 0.6 is 11.6 Å². The molecule has 2 unspecified atom stereocenters. The Kier molecular flexibility index (Phi) is 6.23. The lowest BCUT2D eigenvalue weighted by Crippen LogP contribution is -2.37. The SMILES string of the molecule is CC1CCCN(CCC(C)(O)c2ccc(Oc3ccc(Cl)cc3)cc2)C1. The Labute approximate surface area is 161 Å². The molecule has 0 amide bonds. The number of aliphatic hydroxyl groups is 1. The van der Waals surface area contributed by atoms with Gasteiger partial charge in [-0.2, -0.15) is 0 Å². The summed E-state index contributed by atoms with van der Waals surface area (Å²) in [5.41, 5.74) is 0.0884. The van der Waals surface area contributed by atoms with Crippen molar-refractivity contribution in [3.63, 3.8) is 0 Å². The van der Waals surface area contributed by atoms with E-state index in [4.69, 9.17) is 16.3 Å². The first-order chi connectivity index (χ1) is 12.4. The highest BCUT2D eigenvalue weighted by atomic mass is 35.5. The quantitative estimate of drug-likeness (QED) is 0.729. The molecule has 1 aliphatic heterocycles. The fraction of sp³-hybridized carbons (Fsp3) is 0.455. The van der Waals surface area contributed by atoms with Crippen molar-refractivity contribution >= 4 is 11.6 Å². The molecule has 26 heavy (non-hydrogen) atoms. The van der Waals surface area contributed by atoms with Gasteiger partial charge in [-0.25, -0.2) is 0 Å². The van der Waals surface area contributed by atoms with Crippen molar-refractivity contribution < 1.29 is 9.84 Å². The van der Waals surface area contributed by atoms with Gasteiger partial charge in [0, 0.05) is 18.1 Å². The van der Waals surface area contributed by atoms with Crippen LogP contribution in [0, 0.1) is 5.92 Å². The van der Waals surface area contributed by atoms with Crippen LogP contribution in [-0.4, -0.2) is 29.6 Å². The van der Waals surface area contributed by atoms with E-state index in [1.165, 1.54) is 12.8 Å². The second kappa shape index (κ2) is 8.43. The van der Waals surface area contributed by atoms with Crippen LogP contribution < -0.4 is 4.74 Å². The van der Waals surface area contributed by atoms with Gasteiger partial charge in [-0.3, -0.25) is 0 Å². The van der Waals surface area contributed by atoms with Crippen LogP contribution in [0.4, 0.5) is 0 Å². The molecule has 1 N–H and O–H groups in total. The van der Waals surface area contributed by atoms with E-state index in [0.717, 1.165) is 49.0 Å². The van der Waals surface area contributed by atoms with Gasteiger partial charge in [-0.15, -0.1) is 0 Å². The number of hydrogen-bond acceptors (Lipinski definition) is 3. The summed E-state index contributed by atoms with van der Waals surface area (Å²) in [5.74, 6) is 2.25. The van der Waals surface area contributed by atoms with Crippen LogP contribution in [0.15, 0.2) is 48.5 Å². The maximum Gasteiger partial charge on any atom is 0.127 e. The maximum atomic E-state index is 10.9. The first-order valence-electron chi connectivity index (χ1n) is 9.41. The topological polar surface area (TPSA) is 32.7 Å². The van der Waals surface area contributed by atoms with E-state index in [2.05, 4.69) is 11.8 Å². The minimum absolute atomic E-state index is 0.687. The Bertz CT molecular complexity index is 697. The molecule has 1 heterocycles. The summed E-state index contributed by atoms with van der Waals surface area (Å²) in [6, 6.07) is 15.0. The summed E-state index contributed by atoms with van der Waals surface area (Å²) >= 11 is 5.89. The van der Waals surface area contributed by atoms with Gasteiger partial charge < -0.3 is 14.7 Å². The number of likely N-dealkylation sites (tertiary alicyclic amines) is 1. The van der Waals surface area contributed by atoms with Crippen molar-refractivity contribution in [3.8, 4) is 11.5 Å². The van der Waals surface area contributed by atoms with Crippen molar-refractivity contribution in [2.45, 2.75) is 38.7 Å². The Morgan fingerprint density at radius 2 is 1.73 bits per heavy atom. The van der Waals surface area contributed by atoms with E-state index in [1.807, 2.05) is 43.3 Å². The second-order valence-corrected chi connectivity index (χ2v) is 8.09. The smallest absolute Gasteiger partial charge is 0.127 e. The lowest BCUT2D eigenvalue weighted by molar-refractivity contribution is 0.0309. The maximum absolute atomic E-state index is 10.9. The molecule has 0 saturated carbocycles. The van der Waals surface area contributed by atoms with E-state index in [-0.39, 0.29) is 0 Å². The normalized spacial score (nSPS) is 20.5. The van der Waals surface area contributed by atoms with E-state index < -0.39 is 5.60 Å². The van der Waals surface area contributed by atoms with Gasteiger partial charge in [0.15, 0.2) is 0 Å². The molecule has 0 bridgehead atoms. The lowest BCUT2D eigenvalue weighted by Gasteiger charge is -2.33. The van der Waals surface area contributed by atoms with Crippen LogP contribution in [0.25, 0.3) is 0 Å². The molecule has 1 aliphatic rings. The van der Waals surface area contributed by atoms with Crippen molar-refractivity contribution in [2.75, 3.05) is 19.6 Å². The molecule has 3 nitrogen and oxygen atoms in total. The number of piperidine rings is 1. The fourth-order valence-corrected chi connectivity index (χ4v) is 3.66. The monoisotopic (exact) mass is 373 g/mol. The average molecular weight is 374 g/mol. The highest BCUT2D eigenvalue weighted by molar-refractivity contribution is 6.30. The number of halogens is 1. The summed E-state index contributed by atoms with van der Waals surface area (Å²) in [5, 5.41) is 11.6. The number of benzene rings is 2. The van der Waals surface area contributed by atoms with E-state index in [1.54, 1.807) is 12.1 Å². The Morgan fingerprint density at radius 1 is 1.12 bits per heavy atom. The molecule has 0 aromatic heterocycles. The van der Waals surface area contributed by atoms with Crippen LogP contribution in [0.1, 0.15) is 38.7 Å². The predicted octanol–water partition coefficient (Wildman–Crippen LogP) is 5.46. The van der Waals surface area contributed by atoms with Crippen molar-refractivity contribution in [1.29, 1.82) is 0 Å². The minimum atomic E-state index is -0.834. The second-order valence-electron chi connectivity index (χ2n) is 7.65. The zero-order valence-electron chi connectivity index (χ0n) is 15.6. The van der Waals surface area contributed by atoms with Gasteiger partial charge in [0.1, 0.15) is 11.5 Å². The van der Waals surface area contributed by atoms with E-state index in [0.29, 0.717) is 5.02 Å². The molecule has 1 saturated heterocycles. The molecular weight excluding hydrogens is 346 g/mol. The largest absolute Gasteiger partial charge is 0.457 e. The average Bonchev–Trinajstić information content (AvgIpc) is 2.63. The van der Waals surface area contributed by atoms with Crippen LogP contribution in [-0.2, 0) is 5.60 Å². The molecule has 2 aromatic carbocycles. The van der Waals surface area contributed by atoms with Crippen molar-refractivity contribution in [3.05, 3.63) is 59.1 Å². The molecule has 0 radical (unpaired) electrons. The summed E-state index contributed by atoms with van der Waals surface area (Å²) in [6.45, 7) is 7.43. The fourth-order valence-electron chi connectivity index (χ4n) is 3.53. The van der Waals surface area contributed by atoms with Crippen LogP contribution in [0.2, 0.25) is 5.02 Å². The molecule has 0 aliphatic carbocycles. The molecular formula is C22H28ClNO2. The van der Waals surface area contributed by atoms with Crippen molar-refractivity contribution in [2.24, 2.45) is 5.92 Å². The van der Waals surface area contributed by atoms with E-state index >= 15 is 0 Å². The van der Waals surface area contributed by atoms with E-state index in [9.17, 15) is 5.11 Å². The molecule has 4 heteroatoms. The first kappa shape index (κ1) is 19.2. The highest BCUT2D eigenvalue weighted by Crippen LogP contribution is 2.29. The van der Waals surface area contributed by atoms with Crippen molar-refractivity contribution in [1.82, 2.24) is 4.90 Å². The summed E-state index contributed by atoms with van der Waals surface area (Å²) < 4.78 is 5.82. The lowest BCUT2D eigenvalue weighted by atomic mass is 9.91. The highest BCUT2D eigenvalue weighted by Gasteiger charge is 2.25. The molecule has 140 valence electrons. The van der Waals surface area contributed by atoms with Crippen LogP contribution in [0.5, 0.6) is 11.5 Å². The zero-order valence-corrected chi connectivity index (χ0v) is 16.4. The third-order valence-corrected chi connectivity index (χ3v) is 5.43. The summed E-state index contributed by atoms with van der Waals surface area (Å²) in [7, 11) is 0. The Hall–Kier alpha value is -1.55. The van der Waals surface area contributed by atoms with Gasteiger partial charge in [0.05, 0.1) is 5.60 Å². The molecule has 2 atom stereocenters. The van der Waals surface area contributed by atoms with Gasteiger partial charge in [0.25, 0.3) is 0 Å². The summed E-state index contributed by atoms with van der Waals surface area (Å²) in [6.07, 6.45) is 3.32. The number of rotatable bonds is 6. The third-order valence-electron chi connectivity index (χ3n) is 5.18. The Morgan fingerprint density at radius 3 is 2.35 bits per heavy atom. The molecule has 0 spiro atoms. The van der Waals surface area contributed by atoms with Gasteiger partial charge in [-0.1, -0.05) is 30.7 Å². The zero-order chi connectivity index (χ0) is 18.6. The third kappa shape index (κ3) is 5.23. The minimum Gasteiger partial charge on any atom is -0.457 e. The number of nitrogens with zero attached hydrogens (tertiary/aromatic N) is 1. The van der Waals surface area contributed by atoms with Crippen LogP contribution in [0.3, 0.4) is 0 Å². The first-order valence-corrected chi connectivity index (χ1v) is 9.79. The molecule has 2 aromatic rings.